The number of aliphatic hydroxyl groups excluding tert-OH is 1. The first-order chi connectivity index (χ1) is 7.11. The van der Waals surface area contributed by atoms with Crippen LogP contribution in [0.3, 0.4) is 0 Å². The minimum Gasteiger partial charge on any atom is -0.478 e. The van der Waals surface area contributed by atoms with E-state index in [1.54, 1.807) is 30.3 Å². The van der Waals surface area contributed by atoms with Crippen molar-refractivity contribution in [3.63, 3.8) is 0 Å². The first kappa shape index (κ1) is 13.4. The zero-order chi connectivity index (χ0) is 11.7. The van der Waals surface area contributed by atoms with E-state index in [0.29, 0.717) is 5.56 Å². The van der Waals surface area contributed by atoms with Crippen molar-refractivity contribution in [3.8, 4) is 0 Å². The van der Waals surface area contributed by atoms with Gasteiger partial charge in [-0.3, -0.25) is 0 Å². The molecule has 0 bridgehead atoms. The Bertz CT molecular complexity index is 298. The van der Waals surface area contributed by atoms with Crippen LogP contribution in [0.5, 0.6) is 0 Å². The van der Waals surface area contributed by atoms with Crippen LogP contribution < -0.4 is 5.73 Å². The van der Waals surface area contributed by atoms with Crippen molar-refractivity contribution in [2.75, 3.05) is 6.61 Å². The van der Waals surface area contributed by atoms with E-state index in [1.165, 1.54) is 6.08 Å². The van der Waals surface area contributed by atoms with Crippen LogP contribution in [-0.4, -0.2) is 28.8 Å². The van der Waals surface area contributed by atoms with E-state index < -0.39 is 5.97 Å². The lowest BCUT2D eigenvalue weighted by molar-refractivity contribution is 0.0697. The molecule has 0 aromatic heterocycles. The molecule has 0 heterocycles. The van der Waals surface area contributed by atoms with Gasteiger partial charge >= 0.3 is 5.97 Å². The van der Waals surface area contributed by atoms with Gasteiger partial charge in [0.1, 0.15) is 0 Å². The van der Waals surface area contributed by atoms with Crippen molar-refractivity contribution >= 4 is 5.97 Å². The van der Waals surface area contributed by atoms with Crippen LogP contribution in [0.2, 0.25) is 0 Å². The maximum atomic E-state index is 10.2. The minimum absolute atomic E-state index is 0.0104. The molecule has 1 aromatic carbocycles. The molecule has 0 unspecified atom stereocenters. The molecule has 4 nitrogen and oxygen atoms in total. The van der Waals surface area contributed by atoms with E-state index >= 15 is 0 Å². The van der Waals surface area contributed by atoms with Crippen LogP contribution in [-0.2, 0) is 0 Å². The average Bonchev–Trinajstić information content (AvgIpc) is 2.30. The highest BCUT2D eigenvalue weighted by atomic mass is 16.4. The average molecular weight is 209 g/mol. The molecule has 0 aliphatic heterocycles. The van der Waals surface area contributed by atoms with Crippen molar-refractivity contribution in [1.82, 2.24) is 0 Å². The predicted octanol–water partition coefficient (Wildman–Crippen LogP) is 0.877. The topological polar surface area (TPSA) is 83.5 Å². The Balaban J connectivity index is 0.000000288. The summed E-state index contributed by atoms with van der Waals surface area (Å²) in [7, 11) is 0. The van der Waals surface area contributed by atoms with Gasteiger partial charge in [-0.2, -0.15) is 0 Å². The highest BCUT2D eigenvalue weighted by Gasteiger charge is 1.96. The maximum Gasteiger partial charge on any atom is 0.335 e. The second-order valence-electron chi connectivity index (χ2n) is 2.75. The van der Waals surface area contributed by atoms with Gasteiger partial charge in [0.15, 0.2) is 0 Å². The van der Waals surface area contributed by atoms with Gasteiger partial charge in [-0.1, -0.05) is 24.3 Å². The Morgan fingerprint density at radius 2 is 2.00 bits per heavy atom. The number of aliphatic hydroxyl groups is 1. The Kier molecular flexibility index (Phi) is 6.88. The summed E-state index contributed by atoms with van der Waals surface area (Å²) in [5.74, 6) is -0.879. The molecule has 4 heteroatoms. The number of hydrogen-bond acceptors (Lipinski definition) is 3. The number of carbonyl (C=O) groups is 1. The third-order valence-corrected chi connectivity index (χ3v) is 1.53. The zero-order valence-electron chi connectivity index (χ0n) is 8.34. The fourth-order valence-electron chi connectivity index (χ4n) is 0.655. The van der Waals surface area contributed by atoms with Gasteiger partial charge in [0.25, 0.3) is 0 Å². The van der Waals surface area contributed by atoms with Gasteiger partial charge < -0.3 is 15.9 Å². The zero-order valence-corrected chi connectivity index (χ0v) is 8.34. The SMILES string of the molecule is C=C[C@@H](N)CO.O=C(O)c1ccccc1. The summed E-state index contributed by atoms with van der Waals surface area (Å²) in [5.41, 5.74) is 5.44. The van der Waals surface area contributed by atoms with Gasteiger partial charge in [-0.15, -0.1) is 6.58 Å². The van der Waals surface area contributed by atoms with E-state index in [2.05, 4.69) is 6.58 Å². The Labute approximate surface area is 88.7 Å². The summed E-state index contributed by atoms with van der Waals surface area (Å²) in [4.78, 5) is 10.2. The number of benzene rings is 1. The molecule has 0 saturated carbocycles. The van der Waals surface area contributed by atoms with Gasteiger partial charge in [0.2, 0.25) is 0 Å². The maximum absolute atomic E-state index is 10.2. The van der Waals surface area contributed by atoms with Crippen molar-refractivity contribution < 1.29 is 15.0 Å². The number of hydrogen-bond donors (Lipinski definition) is 3. The normalized spacial score (nSPS) is 10.8. The van der Waals surface area contributed by atoms with Crippen LogP contribution in [0.15, 0.2) is 43.0 Å². The lowest BCUT2D eigenvalue weighted by atomic mass is 10.2. The number of nitrogens with two attached hydrogens (primary N) is 1. The second-order valence-corrected chi connectivity index (χ2v) is 2.75. The molecule has 82 valence electrons. The molecular weight excluding hydrogens is 194 g/mol. The van der Waals surface area contributed by atoms with Crippen LogP contribution in [0.1, 0.15) is 10.4 Å². The fourth-order valence-corrected chi connectivity index (χ4v) is 0.655. The van der Waals surface area contributed by atoms with Crippen molar-refractivity contribution in [3.05, 3.63) is 48.6 Å². The van der Waals surface area contributed by atoms with Crippen LogP contribution in [0, 0.1) is 0 Å². The van der Waals surface area contributed by atoms with E-state index in [0.717, 1.165) is 0 Å². The van der Waals surface area contributed by atoms with E-state index in [9.17, 15) is 4.79 Å². The minimum atomic E-state index is -0.879. The van der Waals surface area contributed by atoms with E-state index in [4.69, 9.17) is 15.9 Å². The molecule has 0 saturated heterocycles. The molecule has 0 aliphatic carbocycles. The molecule has 0 aliphatic rings. The highest BCUT2D eigenvalue weighted by molar-refractivity contribution is 5.87. The molecule has 0 amide bonds. The summed E-state index contributed by atoms with van der Waals surface area (Å²) < 4.78 is 0. The van der Waals surface area contributed by atoms with E-state index in [1.807, 2.05) is 0 Å². The summed E-state index contributed by atoms with van der Waals surface area (Å²) in [6.45, 7) is 3.34. The smallest absolute Gasteiger partial charge is 0.335 e. The molecule has 1 aromatic rings. The highest BCUT2D eigenvalue weighted by Crippen LogP contribution is 1.96. The van der Waals surface area contributed by atoms with Crippen LogP contribution in [0.4, 0.5) is 0 Å². The summed E-state index contributed by atoms with van der Waals surface area (Å²) in [6, 6.07) is 8.05. The third kappa shape index (κ3) is 6.42. The van der Waals surface area contributed by atoms with Crippen molar-refractivity contribution in [2.24, 2.45) is 5.73 Å². The van der Waals surface area contributed by atoms with Crippen LogP contribution >= 0.6 is 0 Å². The van der Waals surface area contributed by atoms with Crippen molar-refractivity contribution in [1.29, 1.82) is 0 Å². The first-order valence-electron chi connectivity index (χ1n) is 4.39. The third-order valence-electron chi connectivity index (χ3n) is 1.53. The molecule has 15 heavy (non-hydrogen) atoms. The molecule has 1 rings (SSSR count). The Hall–Kier alpha value is -1.65. The molecule has 0 fully saturated rings. The monoisotopic (exact) mass is 209 g/mol. The van der Waals surface area contributed by atoms with Gasteiger partial charge in [-0.05, 0) is 12.1 Å². The largest absolute Gasteiger partial charge is 0.478 e. The van der Waals surface area contributed by atoms with Gasteiger partial charge in [-0.25, -0.2) is 4.79 Å². The van der Waals surface area contributed by atoms with E-state index in [-0.39, 0.29) is 12.6 Å². The number of rotatable bonds is 3. The standard InChI is InChI=1S/C7H6O2.C4H9NO/c8-7(9)6-4-2-1-3-5-6;1-2-4(5)3-6/h1-5H,(H,8,9);2,4,6H,1,3,5H2/t;4-/m.1/s1. The molecule has 0 radical (unpaired) electrons. The van der Waals surface area contributed by atoms with Gasteiger partial charge in [0.05, 0.1) is 12.2 Å². The lowest BCUT2D eigenvalue weighted by Crippen LogP contribution is -2.20. The second kappa shape index (κ2) is 7.73. The summed E-state index contributed by atoms with van der Waals surface area (Å²) >= 11 is 0. The Morgan fingerprint density at radius 3 is 2.20 bits per heavy atom. The Morgan fingerprint density at radius 1 is 1.47 bits per heavy atom. The lowest BCUT2D eigenvalue weighted by Gasteiger charge is -1.94. The molecule has 1 atom stereocenters. The molecule has 0 spiro atoms. The number of carboxylic acids is 1. The van der Waals surface area contributed by atoms with Crippen LogP contribution in [0.25, 0.3) is 0 Å². The van der Waals surface area contributed by atoms with Crippen molar-refractivity contribution in [2.45, 2.75) is 6.04 Å². The predicted molar refractivity (Wildman–Crippen MR) is 58.7 cm³/mol. The number of carboxylic acid groups (broad SMARTS) is 1. The fraction of sp³-hybridized carbons (Fsp3) is 0.182. The first-order valence-corrected chi connectivity index (χ1v) is 4.39. The summed E-state index contributed by atoms with van der Waals surface area (Å²) in [6.07, 6.45) is 1.50. The summed E-state index contributed by atoms with van der Waals surface area (Å²) in [5, 5.41) is 16.5. The quantitative estimate of drug-likeness (QED) is 0.645. The molecule has 4 N–H and O–H groups in total. The van der Waals surface area contributed by atoms with Gasteiger partial charge in [0, 0.05) is 6.04 Å². The number of aromatic carboxylic acids is 1. The molecular formula is C11H15NO3.